The number of fused-ring (bicyclic) bond motifs is 1. The van der Waals surface area contributed by atoms with Crippen LogP contribution >= 0.6 is 0 Å². The van der Waals surface area contributed by atoms with Crippen molar-refractivity contribution >= 4 is 34.2 Å². The molecule has 0 aliphatic carbocycles. The van der Waals surface area contributed by atoms with Crippen molar-refractivity contribution in [3.8, 4) is 0 Å². The van der Waals surface area contributed by atoms with Crippen LogP contribution in [0, 0.1) is 13.8 Å². The summed E-state index contributed by atoms with van der Waals surface area (Å²) in [6.45, 7) is 3.84. The quantitative estimate of drug-likeness (QED) is 0.711. The molecule has 24 heavy (non-hydrogen) atoms. The van der Waals surface area contributed by atoms with Gasteiger partial charge in [0.25, 0.3) is 0 Å². The molecule has 1 heterocycles. The highest BCUT2D eigenvalue weighted by atomic mass is 16.2. The van der Waals surface area contributed by atoms with Gasteiger partial charge in [-0.3, -0.25) is 19.6 Å². The van der Waals surface area contributed by atoms with Crippen molar-refractivity contribution in [3.63, 3.8) is 0 Å². The van der Waals surface area contributed by atoms with E-state index in [1.165, 1.54) is 0 Å². The van der Waals surface area contributed by atoms with Gasteiger partial charge in [-0.2, -0.15) is 0 Å². The number of benzene rings is 2. The van der Waals surface area contributed by atoms with Gasteiger partial charge in [-0.25, -0.2) is 0 Å². The summed E-state index contributed by atoms with van der Waals surface area (Å²) in [5.41, 5.74) is 4.46. The molecule has 0 bridgehead atoms. The van der Waals surface area contributed by atoms with E-state index in [9.17, 15) is 9.59 Å². The SMILES string of the molecule is Cc1ccc(NC(=O)C(=O)Nc2ccc3nccnc3c2)c(C)c1. The Bertz CT molecular complexity index is 937. The standard InChI is InChI=1S/C18H16N4O2/c1-11-3-5-14(12(2)9-11)22-18(24)17(23)21-13-4-6-15-16(10-13)20-8-7-19-15/h3-10H,1-2H3,(H,21,23)(H,22,24). The molecule has 0 aliphatic heterocycles. The van der Waals surface area contributed by atoms with Gasteiger partial charge in [0.2, 0.25) is 0 Å². The van der Waals surface area contributed by atoms with Crippen molar-refractivity contribution in [2.45, 2.75) is 13.8 Å². The molecule has 0 saturated carbocycles. The number of rotatable bonds is 2. The number of nitrogens with one attached hydrogen (secondary N) is 2. The second kappa shape index (κ2) is 6.45. The fourth-order valence-corrected chi connectivity index (χ4v) is 2.36. The molecule has 120 valence electrons. The van der Waals surface area contributed by atoms with Crippen LogP contribution in [0.25, 0.3) is 11.0 Å². The maximum Gasteiger partial charge on any atom is 0.314 e. The lowest BCUT2D eigenvalue weighted by Gasteiger charge is -2.09. The molecule has 6 heteroatoms. The Morgan fingerprint density at radius 2 is 1.54 bits per heavy atom. The van der Waals surface area contributed by atoms with Crippen LogP contribution in [0.5, 0.6) is 0 Å². The van der Waals surface area contributed by atoms with Crippen molar-refractivity contribution in [1.82, 2.24) is 9.97 Å². The Labute approximate surface area is 138 Å². The average Bonchev–Trinajstić information content (AvgIpc) is 2.57. The first kappa shape index (κ1) is 15.6. The van der Waals surface area contributed by atoms with Gasteiger partial charge in [-0.1, -0.05) is 17.7 Å². The Morgan fingerprint density at radius 1 is 0.833 bits per heavy atom. The Kier molecular flexibility index (Phi) is 4.20. The zero-order valence-electron chi connectivity index (χ0n) is 13.3. The van der Waals surface area contributed by atoms with Crippen molar-refractivity contribution in [2.24, 2.45) is 0 Å². The number of aryl methyl sites for hydroxylation is 2. The van der Waals surface area contributed by atoms with E-state index in [1.54, 1.807) is 36.7 Å². The van der Waals surface area contributed by atoms with Gasteiger partial charge in [0.15, 0.2) is 0 Å². The van der Waals surface area contributed by atoms with E-state index in [2.05, 4.69) is 20.6 Å². The smallest absolute Gasteiger partial charge is 0.314 e. The first-order chi connectivity index (χ1) is 11.5. The van der Waals surface area contributed by atoms with Gasteiger partial charge in [-0.15, -0.1) is 0 Å². The zero-order chi connectivity index (χ0) is 17.1. The lowest BCUT2D eigenvalue weighted by atomic mass is 10.1. The van der Waals surface area contributed by atoms with Gasteiger partial charge in [0, 0.05) is 23.8 Å². The summed E-state index contributed by atoms with van der Waals surface area (Å²) in [5, 5.41) is 5.18. The summed E-state index contributed by atoms with van der Waals surface area (Å²) < 4.78 is 0. The Morgan fingerprint density at radius 3 is 2.29 bits per heavy atom. The van der Waals surface area contributed by atoms with E-state index in [1.807, 2.05) is 26.0 Å². The van der Waals surface area contributed by atoms with Gasteiger partial charge in [0.1, 0.15) is 0 Å². The molecule has 0 radical (unpaired) electrons. The number of carbonyl (C=O) groups excluding carboxylic acids is 2. The summed E-state index contributed by atoms with van der Waals surface area (Å²) in [5.74, 6) is -1.46. The molecule has 2 aromatic carbocycles. The molecule has 1 aromatic heterocycles. The third kappa shape index (κ3) is 3.38. The summed E-state index contributed by atoms with van der Waals surface area (Å²) >= 11 is 0. The van der Waals surface area contributed by atoms with E-state index < -0.39 is 11.8 Å². The first-order valence-corrected chi connectivity index (χ1v) is 7.43. The molecular weight excluding hydrogens is 304 g/mol. The first-order valence-electron chi connectivity index (χ1n) is 7.43. The van der Waals surface area contributed by atoms with Crippen molar-refractivity contribution in [3.05, 3.63) is 59.9 Å². The average molecular weight is 320 g/mol. The lowest BCUT2D eigenvalue weighted by Crippen LogP contribution is -2.29. The largest absolute Gasteiger partial charge is 0.318 e. The van der Waals surface area contributed by atoms with Crippen LogP contribution in [0.3, 0.4) is 0 Å². The minimum Gasteiger partial charge on any atom is -0.318 e. The normalized spacial score (nSPS) is 10.4. The number of carbonyl (C=O) groups is 2. The van der Waals surface area contributed by atoms with Gasteiger partial charge in [-0.05, 0) is 43.7 Å². The molecule has 3 rings (SSSR count). The van der Waals surface area contributed by atoms with Crippen LogP contribution in [0.4, 0.5) is 11.4 Å². The Balaban J connectivity index is 1.72. The van der Waals surface area contributed by atoms with Crippen LogP contribution in [-0.2, 0) is 9.59 Å². The second-order valence-corrected chi connectivity index (χ2v) is 5.49. The van der Waals surface area contributed by atoms with Gasteiger partial charge < -0.3 is 10.6 Å². The number of amides is 2. The van der Waals surface area contributed by atoms with Gasteiger partial charge >= 0.3 is 11.8 Å². The summed E-state index contributed by atoms with van der Waals surface area (Å²) in [4.78, 5) is 32.5. The molecule has 6 nitrogen and oxygen atoms in total. The molecule has 0 fully saturated rings. The minimum atomic E-state index is -0.738. The van der Waals surface area contributed by atoms with Crippen molar-refractivity contribution in [2.75, 3.05) is 10.6 Å². The van der Waals surface area contributed by atoms with E-state index in [0.29, 0.717) is 16.9 Å². The van der Waals surface area contributed by atoms with E-state index in [0.717, 1.165) is 16.6 Å². The van der Waals surface area contributed by atoms with Crippen molar-refractivity contribution < 1.29 is 9.59 Å². The zero-order valence-corrected chi connectivity index (χ0v) is 13.3. The van der Waals surface area contributed by atoms with Crippen LogP contribution in [0.15, 0.2) is 48.8 Å². The molecule has 0 unspecified atom stereocenters. The number of hydrogen-bond donors (Lipinski definition) is 2. The fraction of sp³-hybridized carbons (Fsp3) is 0.111. The van der Waals surface area contributed by atoms with Crippen LogP contribution in [0.2, 0.25) is 0 Å². The number of nitrogens with zero attached hydrogens (tertiary/aromatic N) is 2. The molecule has 3 aromatic rings. The van der Waals surface area contributed by atoms with Crippen LogP contribution in [0.1, 0.15) is 11.1 Å². The topological polar surface area (TPSA) is 84.0 Å². The minimum absolute atomic E-state index is 0.490. The maximum absolute atomic E-state index is 12.1. The number of hydrogen-bond acceptors (Lipinski definition) is 4. The van der Waals surface area contributed by atoms with E-state index in [4.69, 9.17) is 0 Å². The molecule has 0 spiro atoms. The predicted molar refractivity (Wildman–Crippen MR) is 92.7 cm³/mol. The summed E-state index contributed by atoms with van der Waals surface area (Å²) in [6, 6.07) is 10.7. The number of aromatic nitrogens is 2. The lowest BCUT2D eigenvalue weighted by molar-refractivity contribution is -0.133. The summed E-state index contributed by atoms with van der Waals surface area (Å²) in [6.07, 6.45) is 3.17. The molecule has 2 amide bonds. The monoisotopic (exact) mass is 320 g/mol. The molecule has 0 aliphatic rings. The molecule has 2 N–H and O–H groups in total. The molecule has 0 atom stereocenters. The van der Waals surface area contributed by atoms with E-state index >= 15 is 0 Å². The maximum atomic E-state index is 12.1. The predicted octanol–water partition coefficient (Wildman–Crippen LogP) is 2.82. The summed E-state index contributed by atoms with van der Waals surface area (Å²) in [7, 11) is 0. The third-order valence-electron chi connectivity index (χ3n) is 3.56. The number of anilines is 2. The van der Waals surface area contributed by atoms with Crippen LogP contribution < -0.4 is 10.6 Å². The van der Waals surface area contributed by atoms with Gasteiger partial charge in [0.05, 0.1) is 11.0 Å². The van der Waals surface area contributed by atoms with Crippen LogP contribution in [-0.4, -0.2) is 21.8 Å². The molecular formula is C18H16N4O2. The third-order valence-corrected chi connectivity index (χ3v) is 3.56. The fourth-order valence-electron chi connectivity index (χ4n) is 2.36. The molecule has 0 saturated heterocycles. The highest BCUT2D eigenvalue weighted by molar-refractivity contribution is 6.43. The second-order valence-electron chi connectivity index (χ2n) is 5.49. The highest BCUT2D eigenvalue weighted by Crippen LogP contribution is 2.17. The van der Waals surface area contributed by atoms with Crippen molar-refractivity contribution in [1.29, 1.82) is 0 Å². The highest BCUT2D eigenvalue weighted by Gasteiger charge is 2.15. The van der Waals surface area contributed by atoms with E-state index in [-0.39, 0.29) is 0 Å². The Hall–Kier alpha value is -3.28.